The molecule has 6 atom stereocenters. The van der Waals surface area contributed by atoms with Gasteiger partial charge in [-0.1, -0.05) is 0 Å². The second-order valence-corrected chi connectivity index (χ2v) is 11.9. The summed E-state index contributed by atoms with van der Waals surface area (Å²) in [4.78, 5) is 136. The van der Waals surface area contributed by atoms with Crippen LogP contribution in [0.15, 0.2) is 0 Å². The van der Waals surface area contributed by atoms with Crippen LogP contribution in [-0.2, 0) is 52.7 Å². The SMILES string of the molecule is CC(=O)N[C@@H](CC(=O)O)C(=O)N[C@@H](C)C(=O)NCC(=O)N1CCC[C@H]1C(=O)N[C@@H](CC(N)=O)C(=O)N[C@@H](CCC(N)=O)C(=O)N[C@@H](CS)C(N)=O. The van der Waals surface area contributed by atoms with Gasteiger partial charge in [0, 0.05) is 25.6 Å². The molecule has 0 bridgehead atoms. The molecule has 0 aromatic rings. The van der Waals surface area contributed by atoms with Gasteiger partial charge in [0.15, 0.2) is 0 Å². The van der Waals surface area contributed by atoms with E-state index in [9.17, 15) is 52.7 Å². The number of rotatable bonds is 21. The standard InChI is InChI=1S/C28H44N10O12S/c1-12(33-26(48)16(9-22(43)44)34-13(2)39)24(46)32-10-21(42)38-7-3-4-18(38)28(50)36-15(8-20(30)41)27(49)35-14(5-6-19(29)40)25(47)37-17(11-51)23(31)45/h12,14-18,51H,3-11H2,1-2H3,(H2,29,40)(H2,30,41)(H2,31,45)(H,32,46)(H,33,48)(H,34,39)(H,35,49)(H,36,50)(H,37,47)(H,43,44)/t12-,14-,15-,16-,17-,18-/m0/s1. The van der Waals surface area contributed by atoms with Crippen LogP contribution in [0.3, 0.4) is 0 Å². The van der Waals surface area contributed by atoms with Gasteiger partial charge in [0.25, 0.3) is 0 Å². The first kappa shape index (κ1) is 43.5. The summed E-state index contributed by atoms with van der Waals surface area (Å²) in [6.07, 6.45) is -1.74. The Labute approximate surface area is 296 Å². The van der Waals surface area contributed by atoms with Gasteiger partial charge in [-0.05, 0) is 26.2 Å². The molecule has 0 aromatic heterocycles. The number of aliphatic carboxylic acids is 1. The number of nitrogens with zero attached hydrogens (tertiary/aromatic N) is 1. The number of nitrogens with one attached hydrogen (secondary N) is 6. The lowest BCUT2D eigenvalue weighted by Gasteiger charge is -2.27. The van der Waals surface area contributed by atoms with Gasteiger partial charge in [0.1, 0.15) is 36.3 Å². The summed E-state index contributed by atoms with van der Waals surface area (Å²) in [6, 6.07) is -8.27. The molecule has 0 spiro atoms. The Bertz CT molecular complexity index is 1380. The molecule has 1 aliphatic heterocycles. The van der Waals surface area contributed by atoms with Crippen LogP contribution >= 0.6 is 12.6 Å². The molecule has 0 aromatic carbocycles. The number of hydrogen-bond donors (Lipinski definition) is 11. The van der Waals surface area contributed by atoms with E-state index in [0.717, 1.165) is 11.8 Å². The average Bonchev–Trinajstić information content (AvgIpc) is 3.53. The van der Waals surface area contributed by atoms with E-state index < -0.39 is 121 Å². The fourth-order valence-corrected chi connectivity index (χ4v) is 5.02. The largest absolute Gasteiger partial charge is 0.481 e. The van der Waals surface area contributed by atoms with Crippen molar-refractivity contribution in [1.29, 1.82) is 0 Å². The van der Waals surface area contributed by atoms with Gasteiger partial charge < -0.3 is 59.1 Å². The van der Waals surface area contributed by atoms with Gasteiger partial charge >= 0.3 is 5.97 Å². The molecule has 1 rings (SSSR count). The van der Waals surface area contributed by atoms with Gasteiger partial charge in [0.05, 0.1) is 19.4 Å². The molecule has 10 amide bonds. The molecule has 1 heterocycles. The second kappa shape index (κ2) is 20.9. The lowest BCUT2D eigenvalue weighted by Crippen LogP contribution is -2.59. The second-order valence-electron chi connectivity index (χ2n) is 11.5. The summed E-state index contributed by atoms with van der Waals surface area (Å²) in [6.45, 7) is 1.76. The van der Waals surface area contributed by atoms with E-state index >= 15 is 0 Å². The number of hydrogen-bond acceptors (Lipinski definition) is 12. The van der Waals surface area contributed by atoms with Crippen LogP contribution in [0.5, 0.6) is 0 Å². The average molecular weight is 745 g/mol. The van der Waals surface area contributed by atoms with Crippen molar-refractivity contribution < 1.29 is 57.8 Å². The molecule has 22 nitrogen and oxygen atoms in total. The number of primary amides is 3. The van der Waals surface area contributed by atoms with E-state index in [2.05, 4.69) is 44.5 Å². The lowest BCUT2D eigenvalue weighted by molar-refractivity contribution is -0.141. The minimum atomic E-state index is -1.65. The molecule has 23 heteroatoms. The van der Waals surface area contributed by atoms with Gasteiger partial charge in [-0.15, -0.1) is 0 Å². The van der Waals surface area contributed by atoms with E-state index in [1.165, 1.54) is 6.92 Å². The van der Waals surface area contributed by atoms with Crippen molar-refractivity contribution >= 4 is 77.7 Å². The summed E-state index contributed by atoms with van der Waals surface area (Å²) in [7, 11) is 0. The Morgan fingerprint density at radius 3 is 1.86 bits per heavy atom. The first-order valence-corrected chi connectivity index (χ1v) is 16.1. The maximum Gasteiger partial charge on any atom is 0.305 e. The zero-order valence-electron chi connectivity index (χ0n) is 27.9. The van der Waals surface area contributed by atoms with Gasteiger partial charge in [-0.2, -0.15) is 12.6 Å². The molecule has 0 saturated carbocycles. The van der Waals surface area contributed by atoms with E-state index in [1.807, 2.05) is 0 Å². The fraction of sp³-hybridized carbons (Fsp3) is 0.607. The topological polar surface area (TPSA) is 361 Å². The number of likely N-dealkylation sites (tertiary alicyclic amines) is 1. The molecule has 1 saturated heterocycles. The van der Waals surface area contributed by atoms with Crippen LogP contribution in [0.1, 0.15) is 52.4 Å². The van der Waals surface area contributed by atoms with E-state index in [-0.39, 0.29) is 31.6 Å². The maximum absolute atomic E-state index is 13.3. The number of carboxylic acid groups (broad SMARTS) is 1. The van der Waals surface area contributed by atoms with Gasteiger partial charge in [0.2, 0.25) is 59.1 Å². The summed E-state index contributed by atoms with van der Waals surface area (Å²) < 4.78 is 0. The Balaban J connectivity index is 2.96. The van der Waals surface area contributed by atoms with E-state index in [4.69, 9.17) is 22.3 Å². The lowest BCUT2D eigenvalue weighted by atomic mass is 10.1. The fourth-order valence-electron chi connectivity index (χ4n) is 4.75. The van der Waals surface area contributed by atoms with Crippen molar-refractivity contribution in [2.45, 2.75) is 88.6 Å². The number of carbonyl (C=O) groups is 11. The predicted octanol–water partition coefficient (Wildman–Crippen LogP) is -6.41. The van der Waals surface area contributed by atoms with Crippen molar-refractivity contribution in [3.8, 4) is 0 Å². The highest BCUT2D eigenvalue weighted by molar-refractivity contribution is 7.80. The zero-order chi connectivity index (χ0) is 39.0. The van der Waals surface area contributed by atoms with Crippen molar-refractivity contribution in [2.24, 2.45) is 17.2 Å². The predicted molar refractivity (Wildman–Crippen MR) is 176 cm³/mol. The van der Waals surface area contributed by atoms with Crippen LogP contribution in [0.4, 0.5) is 0 Å². The number of nitrogens with two attached hydrogens (primary N) is 3. The Kier molecular flexibility index (Phi) is 17.8. The smallest absolute Gasteiger partial charge is 0.305 e. The maximum atomic E-state index is 13.3. The third-order valence-electron chi connectivity index (χ3n) is 7.31. The van der Waals surface area contributed by atoms with Crippen LogP contribution < -0.4 is 49.1 Å². The first-order chi connectivity index (χ1) is 23.8. The highest BCUT2D eigenvalue weighted by Gasteiger charge is 2.37. The first-order valence-electron chi connectivity index (χ1n) is 15.5. The quantitative estimate of drug-likeness (QED) is 0.0489. The van der Waals surface area contributed by atoms with Crippen LogP contribution in [-0.4, -0.2) is 130 Å². The van der Waals surface area contributed by atoms with Crippen molar-refractivity contribution in [3.05, 3.63) is 0 Å². The number of thiol groups is 1. The van der Waals surface area contributed by atoms with Crippen LogP contribution in [0, 0.1) is 0 Å². The highest BCUT2D eigenvalue weighted by Crippen LogP contribution is 2.18. The molecule has 284 valence electrons. The highest BCUT2D eigenvalue weighted by atomic mass is 32.1. The molecular weight excluding hydrogens is 700 g/mol. The van der Waals surface area contributed by atoms with Gasteiger partial charge in [-0.25, -0.2) is 0 Å². The molecule has 1 aliphatic rings. The Morgan fingerprint density at radius 1 is 0.765 bits per heavy atom. The monoisotopic (exact) mass is 744 g/mol. The molecule has 51 heavy (non-hydrogen) atoms. The summed E-state index contributed by atoms with van der Waals surface area (Å²) in [5, 5.41) is 22.6. The normalized spacial score (nSPS) is 16.5. The van der Waals surface area contributed by atoms with Crippen molar-refractivity contribution in [1.82, 2.24) is 36.8 Å². The number of carboxylic acids is 1. The molecule has 0 unspecified atom stereocenters. The molecular formula is C28H44N10O12S. The third-order valence-corrected chi connectivity index (χ3v) is 7.67. The minimum Gasteiger partial charge on any atom is -0.481 e. The number of amides is 10. The molecule has 13 N–H and O–H groups in total. The van der Waals surface area contributed by atoms with Crippen molar-refractivity contribution in [3.63, 3.8) is 0 Å². The van der Waals surface area contributed by atoms with Gasteiger partial charge in [-0.3, -0.25) is 52.7 Å². The Morgan fingerprint density at radius 2 is 1.33 bits per heavy atom. The Hall–Kier alpha value is -5.48. The third kappa shape index (κ3) is 15.3. The van der Waals surface area contributed by atoms with E-state index in [0.29, 0.717) is 6.42 Å². The van der Waals surface area contributed by atoms with Crippen LogP contribution in [0.2, 0.25) is 0 Å². The zero-order valence-corrected chi connectivity index (χ0v) is 28.8. The van der Waals surface area contributed by atoms with Crippen LogP contribution in [0.25, 0.3) is 0 Å². The summed E-state index contributed by atoms with van der Waals surface area (Å²) in [5.41, 5.74) is 15.7. The van der Waals surface area contributed by atoms with Crippen molar-refractivity contribution in [2.75, 3.05) is 18.8 Å². The summed E-state index contributed by atoms with van der Waals surface area (Å²) >= 11 is 3.93. The number of carbonyl (C=O) groups excluding carboxylic acids is 10. The minimum absolute atomic E-state index is 0.0703. The molecule has 0 radical (unpaired) electrons. The summed E-state index contributed by atoms with van der Waals surface area (Å²) in [5.74, 6) is -10.5. The molecule has 0 aliphatic carbocycles. The van der Waals surface area contributed by atoms with E-state index in [1.54, 1.807) is 0 Å². The molecule has 1 fully saturated rings.